The summed E-state index contributed by atoms with van der Waals surface area (Å²) in [6, 6.07) is 6.48. The van der Waals surface area contributed by atoms with Gasteiger partial charge in [-0.1, -0.05) is 39.0 Å². The third-order valence-corrected chi connectivity index (χ3v) is 5.38. The second-order valence-corrected chi connectivity index (χ2v) is 7.85. The van der Waals surface area contributed by atoms with E-state index in [1.165, 1.54) is 45.4 Å². The van der Waals surface area contributed by atoms with Crippen molar-refractivity contribution in [3.63, 3.8) is 0 Å². The third kappa shape index (κ3) is 1.66. The van der Waals surface area contributed by atoms with Crippen LogP contribution in [0.5, 0.6) is 5.06 Å². The molecule has 0 aliphatic heterocycles. The Kier molecular flexibility index (Phi) is 2.34. The molecular weight excluding hydrogens is 240 g/mol. The summed E-state index contributed by atoms with van der Waals surface area (Å²) >= 11 is 1.48. The van der Waals surface area contributed by atoms with Crippen LogP contribution in [0.1, 0.15) is 51.7 Å². The first-order chi connectivity index (χ1) is 8.29. The van der Waals surface area contributed by atoms with Crippen molar-refractivity contribution in [3.8, 4) is 5.06 Å². The fourth-order valence-corrected chi connectivity index (χ4v) is 3.91. The van der Waals surface area contributed by atoms with E-state index >= 15 is 0 Å². The fourth-order valence-electron chi connectivity index (χ4n) is 3.09. The van der Waals surface area contributed by atoms with Crippen LogP contribution in [0.15, 0.2) is 18.2 Å². The largest absolute Gasteiger partial charge is 0.499 e. The average Bonchev–Trinajstić information content (AvgIpc) is 2.62. The van der Waals surface area contributed by atoms with Crippen molar-refractivity contribution in [2.24, 2.45) is 0 Å². The van der Waals surface area contributed by atoms with Crippen molar-refractivity contribution in [1.29, 1.82) is 0 Å². The molecule has 0 bridgehead atoms. The molecule has 1 aromatic carbocycles. The number of benzene rings is 1. The van der Waals surface area contributed by atoms with Crippen molar-refractivity contribution in [1.82, 2.24) is 0 Å². The van der Waals surface area contributed by atoms with Gasteiger partial charge in [0.05, 0.1) is 0 Å². The Morgan fingerprint density at radius 3 is 2.11 bits per heavy atom. The van der Waals surface area contributed by atoms with Gasteiger partial charge in [0.2, 0.25) is 0 Å². The van der Waals surface area contributed by atoms with Gasteiger partial charge >= 0.3 is 0 Å². The Labute approximate surface area is 112 Å². The summed E-state index contributed by atoms with van der Waals surface area (Å²) in [6.45, 7) is 9.33. The summed E-state index contributed by atoms with van der Waals surface area (Å²) in [7, 11) is 0. The zero-order chi connectivity index (χ0) is 13.1. The quantitative estimate of drug-likeness (QED) is 0.710. The second kappa shape index (κ2) is 3.51. The monoisotopic (exact) mass is 260 g/mol. The predicted octanol–water partition coefficient (Wildman–Crippen LogP) is 4.96. The number of hydrogen-bond donors (Lipinski definition) is 1. The van der Waals surface area contributed by atoms with Gasteiger partial charge in [-0.3, -0.25) is 0 Å². The highest BCUT2D eigenvalue weighted by Crippen LogP contribution is 2.48. The minimum absolute atomic E-state index is 0.247. The minimum atomic E-state index is 0.247. The maximum absolute atomic E-state index is 9.68. The van der Waals surface area contributed by atoms with E-state index in [0.717, 1.165) is 0 Å². The standard InChI is InChI=1S/C16H20OS/c1-15(2)5-6-16(3,4)12-9-13-10(7-11(12)15)8-14(17)18-13/h7-9,17H,5-6H2,1-4H3. The van der Waals surface area contributed by atoms with Crippen molar-refractivity contribution < 1.29 is 5.11 Å². The number of thiophene rings is 1. The number of aromatic hydroxyl groups is 1. The molecule has 2 aromatic rings. The predicted molar refractivity (Wildman–Crippen MR) is 78.8 cm³/mol. The van der Waals surface area contributed by atoms with Gasteiger partial charge in [-0.05, 0) is 58.4 Å². The van der Waals surface area contributed by atoms with Crippen LogP contribution in [0.3, 0.4) is 0 Å². The van der Waals surface area contributed by atoms with Crippen molar-refractivity contribution in [3.05, 3.63) is 29.3 Å². The van der Waals surface area contributed by atoms with Gasteiger partial charge in [0.1, 0.15) is 0 Å². The maximum atomic E-state index is 9.68. The van der Waals surface area contributed by atoms with Gasteiger partial charge in [-0.15, -0.1) is 0 Å². The Morgan fingerprint density at radius 2 is 1.50 bits per heavy atom. The Balaban J connectivity index is 2.34. The van der Waals surface area contributed by atoms with Crippen LogP contribution in [0.2, 0.25) is 0 Å². The molecule has 0 atom stereocenters. The van der Waals surface area contributed by atoms with Crippen molar-refractivity contribution >= 4 is 21.4 Å². The Hall–Kier alpha value is -1.02. The van der Waals surface area contributed by atoms with E-state index in [4.69, 9.17) is 0 Å². The lowest BCUT2D eigenvalue weighted by Gasteiger charge is -2.41. The Morgan fingerprint density at radius 1 is 0.944 bits per heavy atom. The maximum Gasteiger partial charge on any atom is 0.172 e. The Bertz CT molecular complexity index is 566. The molecule has 1 aromatic heterocycles. The van der Waals surface area contributed by atoms with E-state index in [1.807, 2.05) is 6.07 Å². The summed E-state index contributed by atoms with van der Waals surface area (Å²) in [4.78, 5) is 0. The number of rotatable bonds is 0. The van der Waals surface area contributed by atoms with Crippen LogP contribution in [0.4, 0.5) is 0 Å². The van der Waals surface area contributed by atoms with Gasteiger partial charge in [0, 0.05) is 4.70 Å². The van der Waals surface area contributed by atoms with Gasteiger partial charge in [-0.25, -0.2) is 0 Å². The molecule has 1 aliphatic carbocycles. The highest BCUT2D eigenvalue weighted by Gasteiger charge is 2.37. The fraction of sp³-hybridized carbons (Fsp3) is 0.500. The molecule has 1 aliphatic rings. The smallest absolute Gasteiger partial charge is 0.172 e. The molecule has 0 fully saturated rings. The number of fused-ring (bicyclic) bond motifs is 2. The molecule has 1 heterocycles. The summed E-state index contributed by atoms with van der Waals surface area (Å²) in [5.74, 6) is 0. The molecule has 0 saturated carbocycles. The average molecular weight is 260 g/mol. The van der Waals surface area contributed by atoms with E-state index in [-0.39, 0.29) is 10.8 Å². The first-order valence-electron chi connectivity index (χ1n) is 6.57. The van der Waals surface area contributed by atoms with Crippen LogP contribution in [-0.4, -0.2) is 5.11 Å². The molecule has 3 rings (SSSR count). The van der Waals surface area contributed by atoms with Crippen molar-refractivity contribution in [2.75, 3.05) is 0 Å². The molecule has 96 valence electrons. The zero-order valence-corrected chi connectivity index (χ0v) is 12.3. The molecule has 1 N–H and O–H groups in total. The van der Waals surface area contributed by atoms with Crippen LogP contribution in [0, 0.1) is 0 Å². The van der Waals surface area contributed by atoms with E-state index in [2.05, 4.69) is 39.8 Å². The van der Waals surface area contributed by atoms with Crippen LogP contribution < -0.4 is 0 Å². The molecule has 0 amide bonds. The highest BCUT2D eigenvalue weighted by atomic mass is 32.1. The van der Waals surface area contributed by atoms with Crippen molar-refractivity contribution in [2.45, 2.75) is 51.4 Å². The first-order valence-corrected chi connectivity index (χ1v) is 7.39. The normalized spacial score (nSPS) is 20.9. The van der Waals surface area contributed by atoms with E-state index in [1.54, 1.807) is 0 Å². The van der Waals surface area contributed by atoms with Crippen LogP contribution in [0.25, 0.3) is 10.1 Å². The molecule has 0 spiro atoms. The van der Waals surface area contributed by atoms with Gasteiger partial charge in [0.25, 0.3) is 0 Å². The van der Waals surface area contributed by atoms with E-state index in [0.29, 0.717) is 5.06 Å². The topological polar surface area (TPSA) is 20.2 Å². The second-order valence-electron chi connectivity index (χ2n) is 6.79. The highest BCUT2D eigenvalue weighted by molar-refractivity contribution is 7.20. The molecule has 18 heavy (non-hydrogen) atoms. The summed E-state index contributed by atoms with van der Waals surface area (Å²) in [5, 5.41) is 11.3. The van der Waals surface area contributed by atoms with Gasteiger partial charge in [-0.2, -0.15) is 0 Å². The molecule has 0 unspecified atom stereocenters. The molecule has 2 heteroatoms. The van der Waals surface area contributed by atoms with Crippen LogP contribution in [-0.2, 0) is 10.8 Å². The zero-order valence-electron chi connectivity index (χ0n) is 11.5. The third-order valence-electron chi connectivity index (χ3n) is 4.48. The summed E-state index contributed by atoms with van der Waals surface area (Å²) in [6.07, 6.45) is 2.46. The van der Waals surface area contributed by atoms with Crippen LogP contribution >= 0.6 is 11.3 Å². The molecule has 0 radical (unpaired) electrons. The first kappa shape index (κ1) is 12.0. The lowest BCUT2D eigenvalue weighted by molar-refractivity contribution is 0.332. The van der Waals surface area contributed by atoms with E-state index < -0.39 is 0 Å². The SMILES string of the molecule is CC1(C)CCC(C)(C)c2cc3sc(O)cc3cc21. The molecule has 0 saturated heterocycles. The summed E-state index contributed by atoms with van der Waals surface area (Å²) < 4.78 is 1.21. The lowest BCUT2D eigenvalue weighted by atomic mass is 9.63. The number of hydrogen-bond acceptors (Lipinski definition) is 2. The molecule has 1 nitrogen and oxygen atoms in total. The van der Waals surface area contributed by atoms with Gasteiger partial charge < -0.3 is 5.11 Å². The van der Waals surface area contributed by atoms with Gasteiger partial charge in [0.15, 0.2) is 5.06 Å². The van der Waals surface area contributed by atoms with E-state index in [9.17, 15) is 5.11 Å². The molecular formula is C16H20OS. The summed E-state index contributed by atoms with van der Waals surface area (Å²) in [5.41, 5.74) is 3.42. The minimum Gasteiger partial charge on any atom is -0.499 e. The lowest BCUT2D eigenvalue weighted by Crippen LogP contribution is -2.33.